The molecule has 0 aliphatic heterocycles. The summed E-state index contributed by atoms with van der Waals surface area (Å²) < 4.78 is 0. The van der Waals surface area contributed by atoms with Gasteiger partial charge in [-0.05, 0) is 24.6 Å². The lowest BCUT2D eigenvalue weighted by Crippen LogP contribution is -2.32. The van der Waals surface area contributed by atoms with E-state index in [-0.39, 0.29) is 11.3 Å². The van der Waals surface area contributed by atoms with Gasteiger partial charge in [0.2, 0.25) is 0 Å². The molecule has 24 heavy (non-hydrogen) atoms. The Kier molecular flexibility index (Phi) is 5.35. The highest BCUT2D eigenvalue weighted by Crippen LogP contribution is 2.15. The third-order valence-electron chi connectivity index (χ3n) is 3.10. The van der Waals surface area contributed by atoms with Crippen LogP contribution in [0.15, 0.2) is 53.6 Å². The van der Waals surface area contributed by atoms with Crippen LogP contribution in [0.3, 0.4) is 0 Å². The summed E-state index contributed by atoms with van der Waals surface area (Å²) in [5, 5.41) is 16.9. The Balaban J connectivity index is 1.99. The molecule has 0 saturated carbocycles. The highest BCUT2D eigenvalue weighted by Gasteiger charge is 2.14. The second-order valence-corrected chi connectivity index (χ2v) is 4.78. The molecule has 122 valence electrons. The molecule has 0 bridgehead atoms. The van der Waals surface area contributed by atoms with Crippen LogP contribution in [0.4, 0.5) is 11.4 Å². The molecule has 2 N–H and O–H groups in total. The number of nitrogens with one attached hydrogen (secondary N) is 2. The van der Waals surface area contributed by atoms with Crippen molar-refractivity contribution < 1.29 is 14.5 Å². The summed E-state index contributed by atoms with van der Waals surface area (Å²) in [5.41, 5.74) is 3.41. The second kappa shape index (κ2) is 7.63. The van der Waals surface area contributed by atoms with E-state index in [1.54, 1.807) is 31.2 Å². The summed E-state index contributed by atoms with van der Waals surface area (Å²) in [6, 6.07) is 12.9. The Bertz CT molecular complexity index is 817. The van der Waals surface area contributed by atoms with E-state index >= 15 is 0 Å². The maximum absolute atomic E-state index is 11.8. The summed E-state index contributed by atoms with van der Waals surface area (Å²) in [6.07, 6.45) is 1.11. The van der Waals surface area contributed by atoms with Crippen molar-refractivity contribution >= 4 is 29.4 Å². The van der Waals surface area contributed by atoms with Crippen molar-refractivity contribution in [3.05, 3.63) is 69.8 Å². The van der Waals surface area contributed by atoms with Crippen LogP contribution in [-0.4, -0.2) is 23.0 Å². The van der Waals surface area contributed by atoms with E-state index in [1.807, 2.05) is 11.5 Å². The molecule has 2 aromatic rings. The first kappa shape index (κ1) is 16.8. The second-order valence-electron chi connectivity index (χ2n) is 4.78. The Morgan fingerprint density at radius 1 is 1.08 bits per heavy atom. The minimum Gasteiger partial charge on any atom is -0.317 e. The molecule has 2 amide bonds. The first-order valence-electron chi connectivity index (χ1n) is 6.92. The van der Waals surface area contributed by atoms with Crippen molar-refractivity contribution in [2.75, 3.05) is 5.32 Å². The molecular formula is C16H14N4O4. The average Bonchev–Trinajstić information content (AvgIpc) is 2.57. The maximum Gasteiger partial charge on any atom is 0.329 e. The minimum absolute atomic E-state index is 0.153. The van der Waals surface area contributed by atoms with Crippen LogP contribution < -0.4 is 10.7 Å². The fraction of sp³-hybridized carbons (Fsp3) is 0.0625. The van der Waals surface area contributed by atoms with Gasteiger partial charge >= 0.3 is 11.8 Å². The van der Waals surface area contributed by atoms with Gasteiger partial charge in [-0.15, -0.1) is 0 Å². The average molecular weight is 326 g/mol. The zero-order chi connectivity index (χ0) is 17.5. The van der Waals surface area contributed by atoms with E-state index in [0.717, 1.165) is 11.8 Å². The first-order chi connectivity index (χ1) is 11.5. The molecule has 2 aromatic carbocycles. The Hall–Kier alpha value is -3.55. The molecule has 0 aliphatic rings. The van der Waals surface area contributed by atoms with Crippen LogP contribution in [0.1, 0.15) is 11.1 Å². The number of hydrazone groups is 1. The van der Waals surface area contributed by atoms with Crippen molar-refractivity contribution in [3.63, 3.8) is 0 Å². The van der Waals surface area contributed by atoms with E-state index in [0.29, 0.717) is 5.69 Å². The fourth-order valence-corrected chi connectivity index (χ4v) is 1.87. The van der Waals surface area contributed by atoms with Gasteiger partial charge in [-0.3, -0.25) is 19.7 Å². The summed E-state index contributed by atoms with van der Waals surface area (Å²) in [7, 11) is 0. The van der Waals surface area contributed by atoms with Gasteiger partial charge in [-0.25, -0.2) is 5.43 Å². The SMILES string of the molecule is Cc1ccccc1NC(=O)C(=O)N/N=C/c1ccccc1[N+](=O)[O-]. The zero-order valence-corrected chi connectivity index (χ0v) is 12.7. The van der Waals surface area contributed by atoms with E-state index < -0.39 is 16.7 Å². The van der Waals surface area contributed by atoms with E-state index in [4.69, 9.17) is 0 Å². The fourth-order valence-electron chi connectivity index (χ4n) is 1.87. The van der Waals surface area contributed by atoms with Crippen LogP contribution in [0.25, 0.3) is 0 Å². The van der Waals surface area contributed by atoms with E-state index in [2.05, 4.69) is 10.4 Å². The van der Waals surface area contributed by atoms with E-state index in [1.165, 1.54) is 18.2 Å². The molecular weight excluding hydrogens is 312 g/mol. The largest absolute Gasteiger partial charge is 0.329 e. The van der Waals surface area contributed by atoms with Crippen molar-refractivity contribution in [1.29, 1.82) is 0 Å². The monoisotopic (exact) mass is 326 g/mol. The number of amides is 2. The van der Waals surface area contributed by atoms with Gasteiger partial charge in [-0.2, -0.15) is 5.10 Å². The van der Waals surface area contributed by atoms with E-state index in [9.17, 15) is 19.7 Å². The number of nitro benzene ring substituents is 1. The highest BCUT2D eigenvalue weighted by molar-refractivity contribution is 6.39. The van der Waals surface area contributed by atoms with Crippen LogP contribution in [0, 0.1) is 17.0 Å². The molecule has 0 saturated heterocycles. The molecule has 0 fully saturated rings. The van der Waals surface area contributed by atoms with Gasteiger partial charge in [0.25, 0.3) is 5.69 Å². The van der Waals surface area contributed by atoms with Crippen molar-refractivity contribution in [1.82, 2.24) is 5.43 Å². The minimum atomic E-state index is -0.979. The van der Waals surface area contributed by atoms with Gasteiger partial charge in [0.1, 0.15) is 0 Å². The number of aryl methyl sites for hydroxylation is 1. The third-order valence-corrected chi connectivity index (χ3v) is 3.10. The number of carbonyl (C=O) groups excluding carboxylic acids is 2. The Morgan fingerprint density at radius 3 is 2.46 bits per heavy atom. The van der Waals surface area contributed by atoms with Crippen LogP contribution in [0.5, 0.6) is 0 Å². The zero-order valence-electron chi connectivity index (χ0n) is 12.7. The molecule has 0 unspecified atom stereocenters. The Labute approximate surface area is 137 Å². The predicted octanol–water partition coefficient (Wildman–Crippen LogP) is 1.99. The Morgan fingerprint density at radius 2 is 1.75 bits per heavy atom. The van der Waals surface area contributed by atoms with Crippen molar-refractivity contribution in [3.8, 4) is 0 Å². The van der Waals surface area contributed by atoms with Crippen LogP contribution in [0.2, 0.25) is 0 Å². The summed E-state index contributed by atoms with van der Waals surface area (Å²) in [5.74, 6) is -1.86. The van der Waals surface area contributed by atoms with Gasteiger partial charge in [0.05, 0.1) is 16.7 Å². The molecule has 0 atom stereocenters. The molecule has 0 aromatic heterocycles. The van der Waals surface area contributed by atoms with Crippen LogP contribution >= 0.6 is 0 Å². The van der Waals surface area contributed by atoms with Gasteiger partial charge in [-0.1, -0.05) is 30.3 Å². The number of hydrogen-bond donors (Lipinski definition) is 2. The van der Waals surface area contributed by atoms with Crippen molar-refractivity contribution in [2.24, 2.45) is 5.10 Å². The predicted molar refractivity (Wildman–Crippen MR) is 88.6 cm³/mol. The molecule has 0 aliphatic carbocycles. The van der Waals surface area contributed by atoms with Gasteiger partial charge in [0, 0.05) is 11.8 Å². The number of carbonyl (C=O) groups is 2. The lowest BCUT2D eigenvalue weighted by atomic mass is 10.2. The maximum atomic E-state index is 11.8. The lowest BCUT2D eigenvalue weighted by Gasteiger charge is -2.06. The standard InChI is InChI=1S/C16H14N4O4/c1-11-6-2-4-8-13(11)18-15(21)16(22)19-17-10-12-7-3-5-9-14(12)20(23)24/h2-10H,1H3,(H,18,21)(H,19,22)/b17-10+. The highest BCUT2D eigenvalue weighted by atomic mass is 16.6. The summed E-state index contributed by atoms with van der Waals surface area (Å²) in [4.78, 5) is 33.8. The van der Waals surface area contributed by atoms with Crippen LogP contribution in [-0.2, 0) is 9.59 Å². The normalized spacial score (nSPS) is 10.4. The summed E-state index contributed by atoms with van der Waals surface area (Å²) in [6.45, 7) is 1.79. The summed E-state index contributed by atoms with van der Waals surface area (Å²) >= 11 is 0. The molecule has 0 radical (unpaired) electrons. The topological polar surface area (TPSA) is 114 Å². The molecule has 2 rings (SSSR count). The third kappa shape index (κ3) is 4.23. The number of anilines is 1. The number of nitro groups is 1. The number of nitrogens with zero attached hydrogens (tertiary/aromatic N) is 2. The molecule has 0 heterocycles. The van der Waals surface area contributed by atoms with Gasteiger partial charge in [0.15, 0.2) is 0 Å². The van der Waals surface area contributed by atoms with Gasteiger partial charge < -0.3 is 5.32 Å². The number of hydrogen-bond acceptors (Lipinski definition) is 5. The molecule has 8 heteroatoms. The smallest absolute Gasteiger partial charge is 0.317 e. The quantitative estimate of drug-likeness (QED) is 0.387. The van der Waals surface area contributed by atoms with Crippen molar-refractivity contribution in [2.45, 2.75) is 6.92 Å². The first-order valence-corrected chi connectivity index (χ1v) is 6.92. The molecule has 8 nitrogen and oxygen atoms in total. The number of para-hydroxylation sites is 2. The number of benzene rings is 2. The molecule has 0 spiro atoms. The lowest BCUT2D eigenvalue weighted by molar-refractivity contribution is -0.385. The number of rotatable bonds is 4.